The molecule has 13 nitrogen and oxygen atoms in total. The predicted octanol–water partition coefficient (Wildman–Crippen LogP) is 4.33. The van der Waals surface area contributed by atoms with Crippen LogP contribution in [-0.4, -0.2) is 68.7 Å². The van der Waals surface area contributed by atoms with Gasteiger partial charge in [-0.3, -0.25) is 9.59 Å². The number of hydrogen-bond acceptors (Lipinski definition) is 11. The Bertz CT molecular complexity index is 1960. The third-order valence-corrected chi connectivity index (χ3v) is 12.6. The van der Waals surface area contributed by atoms with E-state index < -0.39 is 29.0 Å². The van der Waals surface area contributed by atoms with Crippen molar-refractivity contribution in [2.45, 2.75) is 85.1 Å². The van der Waals surface area contributed by atoms with Gasteiger partial charge >= 0.3 is 5.97 Å². The molecule has 0 unspecified atom stereocenters. The molecule has 2 bridgehead atoms. The van der Waals surface area contributed by atoms with Crippen LogP contribution in [0, 0.1) is 34.0 Å². The molecule has 7 rings (SSSR count). The molecule has 258 valence electrons. The predicted molar refractivity (Wildman–Crippen MR) is 181 cm³/mol. The number of aromatic hydroxyl groups is 1. The Kier molecular flexibility index (Phi) is 7.88. The first-order chi connectivity index (χ1) is 23.3. The number of fused-ring (bicyclic) bond motifs is 1. The number of ketones is 1. The summed E-state index contributed by atoms with van der Waals surface area (Å²) in [7, 11) is 0. The molecular formula is C36H44N8O5. The number of carbonyl (C=O) groups excluding carboxylic acids is 2. The third-order valence-electron chi connectivity index (χ3n) is 12.6. The molecule has 0 amide bonds. The van der Waals surface area contributed by atoms with Crippen molar-refractivity contribution in [2.24, 2.45) is 34.0 Å². The Labute approximate surface area is 284 Å². The van der Waals surface area contributed by atoms with Crippen molar-refractivity contribution in [3.05, 3.63) is 55.3 Å². The van der Waals surface area contributed by atoms with Crippen LogP contribution in [0.2, 0.25) is 0 Å². The van der Waals surface area contributed by atoms with E-state index in [-0.39, 0.29) is 47.1 Å². The number of esters is 1. The molecule has 3 saturated carbocycles. The van der Waals surface area contributed by atoms with E-state index in [9.17, 15) is 19.8 Å². The molecule has 3 aliphatic carbocycles. The van der Waals surface area contributed by atoms with Crippen LogP contribution in [0.1, 0.15) is 65.4 Å². The third kappa shape index (κ3) is 5.12. The van der Waals surface area contributed by atoms with E-state index in [1.54, 1.807) is 35.3 Å². The fraction of sp³-hybridized carbons (Fsp3) is 0.528. The van der Waals surface area contributed by atoms with Crippen molar-refractivity contribution >= 4 is 28.7 Å². The first-order valence-electron chi connectivity index (χ1n) is 17.0. The normalized spacial score (nSPS) is 32.8. The molecule has 49 heavy (non-hydrogen) atoms. The molecule has 4 aromatic rings. The lowest BCUT2D eigenvalue weighted by Crippen LogP contribution is -2.63. The number of rotatable bonds is 7. The van der Waals surface area contributed by atoms with Gasteiger partial charge in [-0.2, -0.15) is 0 Å². The molecule has 3 aromatic heterocycles. The Hall–Kier alpha value is -4.65. The van der Waals surface area contributed by atoms with Crippen molar-refractivity contribution in [3.8, 4) is 17.0 Å². The van der Waals surface area contributed by atoms with Crippen LogP contribution >= 0.6 is 0 Å². The van der Waals surface area contributed by atoms with E-state index in [4.69, 9.17) is 10.5 Å². The van der Waals surface area contributed by atoms with Crippen LogP contribution < -0.4 is 5.73 Å². The van der Waals surface area contributed by atoms with Crippen molar-refractivity contribution in [2.75, 3.05) is 5.73 Å². The van der Waals surface area contributed by atoms with E-state index in [1.165, 1.54) is 11.0 Å². The van der Waals surface area contributed by atoms with Crippen molar-refractivity contribution in [3.63, 3.8) is 0 Å². The number of carbonyl (C=O) groups is 2. The molecule has 8 atom stereocenters. The number of anilines is 1. The topological polar surface area (TPSA) is 184 Å². The highest BCUT2D eigenvalue weighted by molar-refractivity contribution is 5.86. The van der Waals surface area contributed by atoms with Crippen molar-refractivity contribution < 1.29 is 24.5 Å². The largest absolute Gasteiger partial charge is 0.508 e. The number of nitrogens with zero attached hydrogens (tertiary/aromatic N) is 7. The highest BCUT2D eigenvalue weighted by Crippen LogP contribution is 2.68. The second kappa shape index (κ2) is 11.7. The first-order valence-corrected chi connectivity index (χ1v) is 17.0. The maximum Gasteiger partial charge on any atom is 0.328 e. The minimum absolute atomic E-state index is 0.0498. The molecule has 13 heteroatoms. The van der Waals surface area contributed by atoms with Gasteiger partial charge in [0.1, 0.15) is 41.7 Å². The summed E-state index contributed by atoms with van der Waals surface area (Å²) in [5, 5.41) is 31.1. The number of aliphatic hydroxyl groups is 1. The van der Waals surface area contributed by atoms with Gasteiger partial charge in [0.15, 0.2) is 11.5 Å². The number of Topliss-reactive ketones (excluding diaryl/α,β-unsaturated/α-hetero) is 1. The number of imidazole rings is 1. The van der Waals surface area contributed by atoms with Crippen LogP contribution in [0.5, 0.6) is 5.75 Å². The minimum atomic E-state index is -0.731. The molecule has 1 aromatic carbocycles. The number of benzene rings is 1. The summed E-state index contributed by atoms with van der Waals surface area (Å²) in [5.41, 5.74) is 7.02. The molecule has 3 aliphatic rings. The highest BCUT2D eigenvalue weighted by atomic mass is 16.5. The van der Waals surface area contributed by atoms with Crippen LogP contribution in [-0.2, 0) is 27.4 Å². The number of nitrogens with two attached hydrogens (primary N) is 1. The summed E-state index contributed by atoms with van der Waals surface area (Å²) in [4.78, 5) is 39.8. The molecule has 4 N–H and O–H groups in total. The van der Waals surface area contributed by atoms with Gasteiger partial charge in [0.05, 0.1) is 25.2 Å². The lowest BCUT2D eigenvalue weighted by Gasteiger charge is -2.61. The maximum atomic E-state index is 13.7. The van der Waals surface area contributed by atoms with Gasteiger partial charge < -0.3 is 25.3 Å². The zero-order chi connectivity index (χ0) is 34.9. The lowest BCUT2D eigenvalue weighted by molar-refractivity contribution is -0.207. The zero-order valence-electron chi connectivity index (χ0n) is 28.4. The summed E-state index contributed by atoms with van der Waals surface area (Å²) < 4.78 is 9.54. The van der Waals surface area contributed by atoms with E-state index in [0.717, 1.165) is 19.3 Å². The zero-order valence-corrected chi connectivity index (χ0v) is 28.4. The van der Waals surface area contributed by atoms with Crippen LogP contribution in [0.25, 0.3) is 22.4 Å². The maximum absolute atomic E-state index is 13.7. The standard InChI is InChI=1S/C36H44N8O5/c1-6-34(4)14-27(35(5)20(2)9-11-36(21(3)31(34)48)12-10-25(45)30(35)36)49-28(47)17-44-16-24(41-42-44)22-7-8-23(26(46)13-22)15-43-19-40-29-32(37)38-18-39-33(29)43/h6-8,13,16,18-21,27,30-31,46,48H,1,9-12,14-15,17H2,2-5H3,(H2,37,38,39)/t20-,21+,27-,30+,31+,34-,35+,36+/m1/s1. The fourth-order valence-corrected chi connectivity index (χ4v) is 9.39. The summed E-state index contributed by atoms with van der Waals surface area (Å²) in [6, 6.07) is 5.19. The number of aliphatic hydroxyl groups excluding tert-OH is 1. The first kappa shape index (κ1) is 32.9. The summed E-state index contributed by atoms with van der Waals surface area (Å²) in [6.07, 6.45) is 8.40. The van der Waals surface area contributed by atoms with Crippen LogP contribution in [0.3, 0.4) is 0 Å². The molecule has 0 spiro atoms. The number of ether oxygens (including phenoxy) is 1. The minimum Gasteiger partial charge on any atom is -0.508 e. The molecule has 0 aliphatic heterocycles. The Morgan fingerprint density at radius 2 is 2.00 bits per heavy atom. The summed E-state index contributed by atoms with van der Waals surface area (Å²) in [6.45, 7) is 12.6. The summed E-state index contributed by atoms with van der Waals surface area (Å²) in [5.74, 6) is -0.217. The molecule has 3 fully saturated rings. The van der Waals surface area contributed by atoms with Gasteiger partial charge in [0.2, 0.25) is 0 Å². The lowest BCUT2D eigenvalue weighted by atomic mass is 9.44. The molecule has 0 saturated heterocycles. The van der Waals surface area contributed by atoms with Gasteiger partial charge in [-0.25, -0.2) is 19.6 Å². The molecule has 0 radical (unpaired) electrons. The Morgan fingerprint density at radius 3 is 2.76 bits per heavy atom. The Balaban J connectivity index is 1.10. The van der Waals surface area contributed by atoms with Gasteiger partial charge in [-0.1, -0.05) is 51.1 Å². The monoisotopic (exact) mass is 668 g/mol. The number of aromatic nitrogens is 7. The fourth-order valence-electron chi connectivity index (χ4n) is 9.39. The quantitative estimate of drug-likeness (QED) is 0.188. The highest BCUT2D eigenvalue weighted by Gasteiger charge is 2.68. The number of phenols is 1. The van der Waals surface area contributed by atoms with Gasteiger partial charge in [-0.15, -0.1) is 11.7 Å². The second-order valence-corrected chi connectivity index (χ2v) is 15.0. The van der Waals surface area contributed by atoms with Gasteiger partial charge in [-0.05, 0) is 49.0 Å². The molecule has 3 heterocycles. The van der Waals surface area contributed by atoms with Crippen LogP contribution in [0.4, 0.5) is 5.82 Å². The van der Waals surface area contributed by atoms with E-state index >= 15 is 0 Å². The van der Waals surface area contributed by atoms with Gasteiger partial charge in [0.25, 0.3) is 0 Å². The number of phenolic OH excluding ortho intramolecular Hbond substituents is 1. The second-order valence-electron chi connectivity index (χ2n) is 15.0. The average Bonchev–Trinajstić information content (AvgIpc) is 3.81. The molecular weight excluding hydrogens is 624 g/mol. The van der Waals surface area contributed by atoms with E-state index in [1.807, 2.05) is 13.0 Å². The van der Waals surface area contributed by atoms with E-state index in [2.05, 4.69) is 52.6 Å². The SMILES string of the molecule is C=C[C@]1(C)C[C@@H](OC(=O)Cn2cc(-c3ccc(Cn4cnc5c(N)ncnc54)c(O)c3)nn2)[C@]2(C)[C@H](C)CC[C@]3(CCC(=O)[C@H]32)[C@@H](C)[C@@H]1O. The number of hydrogen-bond donors (Lipinski definition) is 3. The van der Waals surface area contributed by atoms with Crippen LogP contribution in [0.15, 0.2) is 49.7 Å². The van der Waals surface area contributed by atoms with Gasteiger partial charge in [0, 0.05) is 34.3 Å². The Morgan fingerprint density at radius 1 is 1.20 bits per heavy atom. The smallest absolute Gasteiger partial charge is 0.328 e. The van der Waals surface area contributed by atoms with Crippen molar-refractivity contribution in [1.82, 2.24) is 34.5 Å². The van der Waals surface area contributed by atoms with E-state index in [0.29, 0.717) is 47.4 Å². The van der Waals surface area contributed by atoms with Crippen molar-refractivity contribution in [1.29, 1.82) is 0 Å². The summed E-state index contributed by atoms with van der Waals surface area (Å²) >= 11 is 0. The number of nitrogen functional groups attached to an aromatic ring is 1. The average molecular weight is 669 g/mol.